The first-order valence-electron chi connectivity index (χ1n) is 5.14. The van der Waals surface area contributed by atoms with Crippen LogP contribution in [0.5, 0.6) is 11.8 Å². The number of hydrogen-bond acceptors (Lipinski definition) is 5. The molecule has 3 rings (SSSR count). The summed E-state index contributed by atoms with van der Waals surface area (Å²) in [6, 6.07) is 2.87. The van der Waals surface area contributed by atoms with Crippen molar-refractivity contribution in [2.24, 2.45) is 0 Å². The molecule has 6 nitrogen and oxygen atoms in total. The summed E-state index contributed by atoms with van der Waals surface area (Å²) in [7, 11) is 0. The van der Waals surface area contributed by atoms with Crippen LogP contribution in [-0.4, -0.2) is 31.4 Å². The predicted molar refractivity (Wildman–Crippen MR) is 54.2 cm³/mol. The predicted octanol–water partition coefficient (Wildman–Crippen LogP) is 0.992. The SMILES string of the molecule is Oc1cc(O)n2nc(C3CCCO3)cc2n1. The fraction of sp³-hybridized carbons (Fsp3) is 0.400. The van der Waals surface area contributed by atoms with Crippen molar-refractivity contribution in [3.8, 4) is 11.8 Å². The zero-order valence-corrected chi connectivity index (χ0v) is 8.50. The molecule has 2 aromatic heterocycles. The highest BCUT2D eigenvalue weighted by molar-refractivity contribution is 5.44. The van der Waals surface area contributed by atoms with Crippen LogP contribution in [-0.2, 0) is 4.74 Å². The molecule has 1 atom stereocenters. The maximum atomic E-state index is 9.57. The van der Waals surface area contributed by atoms with Crippen LogP contribution in [0.3, 0.4) is 0 Å². The van der Waals surface area contributed by atoms with Crippen molar-refractivity contribution in [3.05, 3.63) is 17.8 Å². The third-order valence-electron chi connectivity index (χ3n) is 2.67. The molecule has 2 aromatic rings. The summed E-state index contributed by atoms with van der Waals surface area (Å²) in [6.07, 6.45) is 1.92. The lowest BCUT2D eigenvalue weighted by atomic mass is 10.2. The van der Waals surface area contributed by atoms with Gasteiger partial charge in [0.15, 0.2) is 5.65 Å². The molecular formula is C10H11N3O3. The number of fused-ring (bicyclic) bond motifs is 1. The molecule has 0 spiro atoms. The van der Waals surface area contributed by atoms with Crippen LogP contribution in [0.25, 0.3) is 5.65 Å². The molecule has 1 fully saturated rings. The van der Waals surface area contributed by atoms with Gasteiger partial charge in [-0.2, -0.15) is 14.6 Å². The summed E-state index contributed by atoms with van der Waals surface area (Å²) >= 11 is 0. The molecule has 2 N–H and O–H groups in total. The van der Waals surface area contributed by atoms with Gasteiger partial charge in [-0.05, 0) is 12.8 Å². The second-order valence-corrected chi connectivity index (χ2v) is 3.81. The Morgan fingerprint density at radius 2 is 2.25 bits per heavy atom. The first kappa shape index (κ1) is 9.41. The number of nitrogens with zero attached hydrogens (tertiary/aromatic N) is 3. The Morgan fingerprint density at radius 3 is 3.00 bits per heavy atom. The van der Waals surface area contributed by atoms with Gasteiger partial charge in [0, 0.05) is 12.7 Å². The summed E-state index contributed by atoms with van der Waals surface area (Å²) < 4.78 is 6.78. The van der Waals surface area contributed by atoms with E-state index in [1.54, 1.807) is 6.07 Å². The molecular weight excluding hydrogens is 210 g/mol. The molecule has 16 heavy (non-hydrogen) atoms. The van der Waals surface area contributed by atoms with E-state index in [4.69, 9.17) is 4.74 Å². The lowest BCUT2D eigenvalue weighted by Crippen LogP contribution is -1.97. The molecule has 0 radical (unpaired) electrons. The molecule has 0 aromatic carbocycles. The Hall–Kier alpha value is -1.82. The number of aromatic nitrogens is 3. The molecule has 1 aliphatic rings. The molecule has 0 aliphatic carbocycles. The van der Waals surface area contributed by atoms with E-state index in [1.807, 2.05) is 0 Å². The maximum Gasteiger partial charge on any atom is 0.219 e. The standard InChI is InChI=1S/C10H11N3O3/c14-9-5-10(15)13-8(11-9)4-6(12-13)7-2-1-3-16-7/h4-5,7,15H,1-3H2,(H,11,14). The largest absolute Gasteiger partial charge is 0.493 e. The minimum absolute atomic E-state index is 0.0248. The van der Waals surface area contributed by atoms with E-state index in [1.165, 1.54) is 4.52 Å². The lowest BCUT2D eigenvalue weighted by Gasteiger charge is -2.03. The molecule has 3 heterocycles. The van der Waals surface area contributed by atoms with E-state index in [2.05, 4.69) is 10.1 Å². The molecule has 1 saturated heterocycles. The summed E-state index contributed by atoms with van der Waals surface area (Å²) in [5, 5.41) is 23.0. The molecule has 84 valence electrons. The monoisotopic (exact) mass is 221 g/mol. The van der Waals surface area contributed by atoms with Crippen molar-refractivity contribution < 1.29 is 14.9 Å². The van der Waals surface area contributed by atoms with E-state index < -0.39 is 0 Å². The smallest absolute Gasteiger partial charge is 0.219 e. The first-order valence-corrected chi connectivity index (χ1v) is 5.14. The van der Waals surface area contributed by atoms with E-state index in [-0.39, 0.29) is 17.9 Å². The average molecular weight is 221 g/mol. The number of ether oxygens (including phenoxy) is 1. The van der Waals surface area contributed by atoms with Crippen LogP contribution in [0, 0.1) is 0 Å². The van der Waals surface area contributed by atoms with Crippen molar-refractivity contribution in [2.45, 2.75) is 18.9 Å². The Labute approximate surface area is 91.1 Å². The van der Waals surface area contributed by atoms with Gasteiger partial charge in [-0.25, -0.2) is 0 Å². The van der Waals surface area contributed by atoms with Gasteiger partial charge in [0.25, 0.3) is 0 Å². The molecule has 1 unspecified atom stereocenters. The van der Waals surface area contributed by atoms with Crippen LogP contribution in [0.4, 0.5) is 0 Å². The Morgan fingerprint density at radius 1 is 1.38 bits per heavy atom. The summed E-state index contributed by atoms with van der Waals surface area (Å²) in [5.74, 6) is -0.351. The van der Waals surface area contributed by atoms with Gasteiger partial charge in [-0.3, -0.25) is 0 Å². The minimum Gasteiger partial charge on any atom is -0.493 e. The highest BCUT2D eigenvalue weighted by Crippen LogP contribution is 2.29. The van der Waals surface area contributed by atoms with Gasteiger partial charge >= 0.3 is 0 Å². The second-order valence-electron chi connectivity index (χ2n) is 3.81. The van der Waals surface area contributed by atoms with Crippen LogP contribution >= 0.6 is 0 Å². The third-order valence-corrected chi connectivity index (χ3v) is 2.67. The second kappa shape index (κ2) is 3.34. The molecule has 1 aliphatic heterocycles. The number of hydrogen-bond donors (Lipinski definition) is 2. The van der Waals surface area contributed by atoms with Gasteiger partial charge in [0.1, 0.15) is 6.10 Å². The Bertz CT molecular complexity index is 531. The minimum atomic E-state index is -0.219. The normalized spacial score (nSPS) is 20.6. The van der Waals surface area contributed by atoms with E-state index in [0.29, 0.717) is 5.65 Å². The van der Waals surface area contributed by atoms with Crippen LogP contribution < -0.4 is 0 Å². The average Bonchev–Trinajstić information content (AvgIpc) is 2.82. The van der Waals surface area contributed by atoms with Crippen molar-refractivity contribution in [2.75, 3.05) is 6.61 Å². The summed E-state index contributed by atoms with van der Waals surface area (Å²) in [4.78, 5) is 3.87. The topological polar surface area (TPSA) is 79.9 Å². The van der Waals surface area contributed by atoms with Crippen LogP contribution in [0.1, 0.15) is 24.6 Å². The van der Waals surface area contributed by atoms with Gasteiger partial charge in [0.2, 0.25) is 11.8 Å². The lowest BCUT2D eigenvalue weighted by molar-refractivity contribution is 0.108. The third kappa shape index (κ3) is 1.38. The molecule has 0 amide bonds. The van der Waals surface area contributed by atoms with Gasteiger partial charge < -0.3 is 14.9 Å². The van der Waals surface area contributed by atoms with Crippen LogP contribution in [0.2, 0.25) is 0 Å². The van der Waals surface area contributed by atoms with Crippen molar-refractivity contribution >= 4 is 5.65 Å². The fourth-order valence-corrected chi connectivity index (χ4v) is 1.93. The highest BCUT2D eigenvalue weighted by Gasteiger charge is 2.21. The number of rotatable bonds is 1. The van der Waals surface area contributed by atoms with E-state index in [0.717, 1.165) is 31.2 Å². The molecule has 0 saturated carbocycles. The summed E-state index contributed by atoms with van der Waals surface area (Å²) in [5.41, 5.74) is 1.16. The van der Waals surface area contributed by atoms with Gasteiger partial charge in [-0.15, -0.1) is 0 Å². The Balaban J connectivity index is 2.11. The number of aromatic hydroxyl groups is 2. The maximum absolute atomic E-state index is 9.57. The van der Waals surface area contributed by atoms with Gasteiger partial charge in [0.05, 0.1) is 11.8 Å². The highest BCUT2D eigenvalue weighted by atomic mass is 16.5. The zero-order chi connectivity index (χ0) is 11.1. The molecule has 0 bridgehead atoms. The Kier molecular flexibility index (Phi) is 1.97. The van der Waals surface area contributed by atoms with E-state index >= 15 is 0 Å². The summed E-state index contributed by atoms with van der Waals surface area (Å²) in [6.45, 7) is 0.739. The van der Waals surface area contributed by atoms with Gasteiger partial charge in [-0.1, -0.05) is 0 Å². The van der Waals surface area contributed by atoms with Crippen molar-refractivity contribution in [1.82, 2.24) is 14.6 Å². The first-order chi connectivity index (χ1) is 7.74. The van der Waals surface area contributed by atoms with Crippen molar-refractivity contribution in [1.29, 1.82) is 0 Å². The fourth-order valence-electron chi connectivity index (χ4n) is 1.93. The van der Waals surface area contributed by atoms with Crippen molar-refractivity contribution in [3.63, 3.8) is 0 Å². The van der Waals surface area contributed by atoms with Crippen LogP contribution in [0.15, 0.2) is 12.1 Å². The zero-order valence-electron chi connectivity index (χ0n) is 8.50. The molecule has 6 heteroatoms. The van der Waals surface area contributed by atoms with E-state index in [9.17, 15) is 10.2 Å². The quantitative estimate of drug-likeness (QED) is 0.750.